The largest absolute Gasteiger partial charge is 0.493 e. The van der Waals surface area contributed by atoms with Gasteiger partial charge in [-0.15, -0.1) is 45.6 Å². The van der Waals surface area contributed by atoms with Crippen molar-refractivity contribution in [3.63, 3.8) is 0 Å². The summed E-state index contributed by atoms with van der Waals surface area (Å²) in [6.07, 6.45) is 15.0. The Labute approximate surface area is 735 Å². The van der Waals surface area contributed by atoms with Crippen LogP contribution in [0.3, 0.4) is 0 Å². The van der Waals surface area contributed by atoms with Crippen LogP contribution in [0.15, 0.2) is 92.2 Å². The molecule has 0 bridgehead atoms. The molecular formula is C82H106Cl3N23O11S3. The lowest BCUT2D eigenvalue weighted by molar-refractivity contribution is 0.149. The number of aromatic nitrogens is 12. The molecule has 0 radical (unpaired) electrons. The van der Waals surface area contributed by atoms with E-state index in [2.05, 4.69) is 124 Å². The third-order valence-corrected chi connectivity index (χ3v) is 25.1. The molecule has 7 N–H and O–H groups in total. The summed E-state index contributed by atoms with van der Waals surface area (Å²) in [5, 5.41) is 38.0. The molecule has 654 valence electrons. The molecule has 0 spiro atoms. The topological polar surface area (TPSA) is 334 Å². The van der Waals surface area contributed by atoms with E-state index in [-0.39, 0.29) is 23.2 Å². The SMILES string of the molecule is CN1CCNCC1.COc1cc(-n2cnc(Nc3nc(Cl)nc4sc(CCl)cc34)c2)cc(OC)c1OC.COc1cc(-n2cnc(Nc3nc(Cl)nc4sc(CN5CCN(C)CC5)cc34)c2)cc(OC)c1OC.COc1cc(-n2cnc(Nc3nc(N4CCC[C@H]4CO)nc4sc(CN5CCN(C)CC5)cc34)c2)cc(OC)c1OC.OC[C@@H]1CCCN1. The number of piperazine rings is 3. The van der Waals surface area contributed by atoms with Gasteiger partial charge in [-0.3, -0.25) is 9.80 Å². The molecule has 5 aliphatic rings. The second-order valence-electron chi connectivity index (χ2n) is 29.4. The van der Waals surface area contributed by atoms with E-state index in [1.54, 1.807) is 106 Å². The van der Waals surface area contributed by atoms with Gasteiger partial charge in [0.25, 0.3) is 0 Å². The Kier molecular flexibility index (Phi) is 31.8. The van der Waals surface area contributed by atoms with Gasteiger partial charge in [0.2, 0.25) is 33.8 Å². The number of nitrogens with one attached hydrogen (secondary N) is 5. The summed E-state index contributed by atoms with van der Waals surface area (Å²) in [6, 6.07) is 17.9. The molecule has 14 heterocycles. The van der Waals surface area contributed by atoms with Crippen molar-refractivity contribution >= 4 is 140 Å². The van der Waals surface area contributed by atoms with E-state index in [9.17, 15) is 5.11 Å². The minimum atomic E-state index is 0.0271. The quantitative estimate of drug-likeness (QED) is 0.0196. The molecule has 3 aromatic carbocycles. The van der Waals surface area contributed by atoms with Crippen LogP contribution < -0.4 is 74.1 Å². The minimum Gasteiger partial charge on any atom is -0.493 e. The highest BCUT2D eigenvalue weighted by Crippen LogP contribution is 2.44. The van der Waals surface area contributed by atoms with Crippen LogP contribution >= 0.6 is 68.8 Å². The van der Waals surface area contributed by atoms with E-state index in [0.29, 0.717) is 111 Å². The van der Waals surface area contributed by atoms with Crippen LogP contribution in [-0.2, 0) is 19.0 Å². The van der Waals surface area contributed by atoms with E-state index in [4.69, 9.17) is 92.5 Å². The smallest absolute Gasteiger partial charge is 0.229 e. The number of ether oxygens (including phenoxy) is 9. The van der Waals surface area contributed by atoms with Crippen LogP contribution in [0.4, 0.5) is 40.9 Å². The Balaban J connectivity index is 0.000000147. The van der Waals surface area contributed by atoms with Gasteiger partial charge in [-0.2, -0.15) is 15.0 Å². The highest BCUT2D eigenvalue weighted by Gasteiger charge is 2.29. The number of alkyl halides is 1. The summed E-state index contributed by atoms with van der Waals surface area (Å²) in [4.78, 5) is 61.1. The number of rotatable bonds is 26. The maximum atomic E-state index is 9.98. The Morgan fingerprint density at radius 1 is 0.426 bits per heavy atom. The zero-order valence-corrected chi connectivity index (χ0v) is 75.3. The molecule has 34 nitrogen and oxygen atoms in total. The molecule has 0 amide bonds. The van der Waals surface area contributed by atoms with Gasteiger partial charge in [-0.05, 0) is 94.8 Å². The maximum Gasteiger partial charge on any atom is 0.229 e. The first-order valence-corrected chi connectivity index (χ1v) is 43.6. The van der Waals surface area contributed by atoms with Crippen molar-refractivity contribution in [1.82, 2.24) is 93.7 Å². The van der Waals surface area contributed by atoms with Crippen molar-refractivity contribution < 1.29 is 52.8 Å². The van der Waals surface area contributed by atoms with E-state index in [1.165, 1.54) is 40.6 Å². The summed E-state index contributed by atoms with van der Waals surface area (Å²) in [5.74, 6) is 9.69. The van der Waals surface area contributed by atoms with Crippen LogP contribution in [0.5, 0.6) is 51.7 Å². The first-order valence-electron chi connectivity index (χ1n) is 39.9. The van der Waals surface area contributed by atoms with Crippen molar-refractivity contribution in [2.45, 2.75) is 56.7 Å². The number of halogens is 3. The van der Waals surface area contributed by atoms with Crippen molar-refractivity contribution in [2.75, 3.05) is 211 Å². The Morgan fingerprint density at radius 2 is 0.803 bits per heavy atom. The average Bonchev–Trinajstić information content (AvgIpc) is 1.63. The number of hydrogen-bond donors (Lipinski definition) is 7. The van der Waals surface area contributed by atoms with Crippen LogP contribution in [0.25, 0.3) is 47.7 Å². The molecular weight excluding hydrogens is 1690 g/mol. The number of aliphatic hydroxyl groups excluding tert-OH is 2. The molecule has 0 saturated carbocycles. The fourth-order valence-electron chi connectivity index (χ4n) is 14.5. The van der Waals surface area contributed by atoms with Gasteiger partial charge in [0.15, 0.2) is 34.5 Å². The number of imidazole rings is 3. The second kappa shape index (κ2) is 43.1. The highest BCUT2D eigenvalue weighted by atomic mass is 35.5. The summed E-state index contributed by atoms with van der Waals surface area (Å²) >= 11 is 23.1. The summed E-state index contributed by atoms with van der Waals surface area (Å²) in [5.41, 5.74) is 2.41. The minimum absolute atomic E-state index is 0.0271. The third-order valence-electron chi connectivity index (χ3n) is 21.2. The zero-order valence-electron chi connectivity index (χ0n) is 70.6. The molecule has 5 aliphatic heterocycles. The molecule has 122 heavy (non-hydrogen) atoms. The number of fused-ring (bicyclic) bond motifs is 3. The Bertz CT molecular complexity index is 5340. The zero-order chi connectivity index (χ0) is 85.9. The molecule has 0 aliphatic carbocycles. The molecule has 5 fully saturated rings. The Hall–Kier alpha value is -9.68. The highest BCUT2D eigenvalue weighted by molar-refractivity contribution is 7.19. The molecule has 17 rings (SSSR count). The summed E-state index contributed by atoms with van der Waals surface area (Å²) < 4.78 is 54.7. The average molecular weight is 1790 g/mol. The molecule has 0 unspecified atom stereocenters. The first-order chi connectivity index (χ1) is 59.3. The van der Waals surface area contributed by atoms with Gasteiger partial charge in [0, 0.05) is 155 Å². The van der Waals surface area contributed by atoms with Crippen LogP contribution in [0.2, 0.25) is 10.6 Å². The fraction of sp³-hybridized carbons (Fsp3) is 0.451. The van der Waals surface area contributed by atoms with Crippen molar-refractivity contribution in [1.29, 1.82) is 0 Å². The van der Waals surface area contributed by atoms with Gasteiger partial charge >= 0.3 is 0 Å². The molecule has 9 aromatic heterocycles. The van der Waals surface area contributed by atoms with Gasteiger partial charge < -0.3 is 113 Å². The summed E-state index contributed by atoms with van der Waals surface area (Å²) in [7, 11) is 20.7. The molecule has 12 aromatic rings. The number of nitrogens with zero attached hydrogens (tertiary/aromatic N) is 18. The van der Waals surface area contributed by atoms with Gasteiger partial charge in [0.05, 0.1) is 141 Å². The number of hydrogen-bond acceptors (Lipinski definition) is 34. The lowest BCUT2D eigenvalue weighted by atomic mass is 10.2. The molecule has 2 atom stereocenters. The van der Waals surface area contributed by atoms with E-state index >= 15 is 0 Å². The number of anilines is 7. The number of likely N-dealkylation sites (N-methyl/N-ethyl adjacent to an activating group) is 3. The second-order valence-corrected chi connectivity index (χ2v) is 33.7. The third kappa shape index (κ3) is 22.5. The van der Waals surface area contributed by atoms with E-state index in [0.717, 1.165) is 163 Å². The van der Waals surface area contributed by atoms with Crippen molar-refractivity contribution in [2.24, 2.45) is 0 Å². The van der Waals surface area contributed by atoms with Gasteiger partial charge in [0.1, 0.15) is 68.4 Å². The normalized spacial score (nSPS) is 16.5. The number of aliphatic hydroxyl groups is 2. The predicted molar refractivity (Wildman–Crippen MR) is 483 cm³/mol. The lowest BCUT2D eigenvalue weighted by Gasteiger charge is -2.31. The number of thiophene rings is 3. The van der Waals surface area contributed by atoms with E-state index in [1.807, 2.05) is 74.8 Å². The van der Waals surface area contributed by atoms with Gasteiger partial charge in [-0.25, -0.2) is 29.9 Å². The standard InChI is InChI=1S/C29H38N8O4S.C24H28ClN7O3S.C19H17Cl2N5O3S.C5H12N2.C5H11NO/c1-34-8-10-35(11-9-34)15-21-14-22-27(32-29(33-28(22)42-21)37-7-5-6-19(37)17-38)31-25-16-36(18-30-25)20-12-23(39-2)26(41-4)24(13-20)40-3;1-30-5-7-31(8-6-30)12-16-11-17-22(28-24(25)29-23(17)36-16)27-20-13-32(14-26-20)15-9-18(33-2)21(35-4)19(10-15)34-3;1-27-13-4-10(5-14(28-2)16(13)29-3)26-8-15(22-9-26)23-17-12-6-11(7-20)30-18(12)25-19(21)24-17;1-7-4-2-6-3-5-7;7-4-5-2-1-3-6-5/h12-14,16,18-19,38H,5-11,15,17H2,1-4H3,(H,31,32,33);9-11,13-14H,5-8,12H2,1-4H3,(H,27,28,29);4-6,8-9H,7H2,1-3H3,(H,23,24,25);6H,2-5H2,1H3;5-7H,1-4H2/t19-;;;;5-/m0...0/s1. The number of methoxy groups -OCH3 is 9. The van der Waals surface area contributed by atoms with Crippen molar-refractivity contribution in [3.05, 3.63) is 117 Å². The molecule has 40 heteroatoms. The van der Waals surface area contributed by atoms with Crippen LogP contribution in [0, 0.1) is 0 Å². The molecule has 5 saturated heterocycles. The van der Waals surface area contributed by atoms with Gasteiger partial charge in [-0.1, -0.05) is 0 Å². The van der Waals surface area contributed by atoms with Crippen LogP contribution in [0.1, 0.15) is 40.3 Å². The predicted octanol–water partition coefficient (Wildman–Crippen LogP) is 11.7. The monoisotopic (exact) mass is 1790 g/mol. The van der Waals surface area contributed by atoms with Crippen molar-refractivity contribution in [3.8, 4) is 68.8 Å². The maximum absolute atomic E-state index is 9.98. The number of benzene rings is 3. The Morgan fingerprint density at radius 3 is 1.14 bits per heavy atom. The fourth-order valence-corrected chi connectivity index (χ4v) is 18.2. The first kappa shape index (κ1) is 90.1. The summed E-state index contributed by atoms with van der Waals surface area (Å²) in [6.45, 7) is 17.4. The van der Waals surface area contributed by atoms with E-state index < -0.39 is 0 Å². The lowest BCUT2D eigenvalue weighted by Crippen LogP contribution is -2.43. The van der Waals surface area contributed by atoms with Crippen LogP contribution in [-0.4, -0.2) is 295 Å².